The van der Waals surface area contributed by atoms with E-state index in [1.54, 1.807) is 6.20 Å². The van der Waals surface area contributed by atoms with Crippen LogP contribution < -0.4 is 4.74 Å². The number of aryl methyl sites for hydroxylation is 1. The van der Waals surface area contributed by atoms with Crippen molar-refractivity contribution < 1.29 is 14.3 Å². The Bertz CT molecular complexity index is 737. The monoisotopic (exact) mass is 309 g/mol. The zero-order valence-electron chi connectivity index (χ0n) is 13.1. The molecule has 1 aliphatic rings. The maximum absolute atomic E-state index is 11.3. The summed E-state index contributed by atoms with van der Waals surface area (Å²) < 4.78 is 11.3. The number of ether oxygens (including phenoxy) is 2. The molecule has 0 radical (unpaired) electrons. The van der Waals surface area contributed by atoms with Crippen molar-refractivity contribution in [2.75, 3.05) is 13.2 Å². The predicted octanol–water partition coefficient (Wildman–Crippen LogP) is 3.59. The van der Waals surface area contributed by atoms with E-state index in [2.05, 4.69) is 11.1 Å². The molecular weight excluding hydrogens is 290 g/mol. The lowest BCUT2D eigenvalue weighted by Crippen LogP contribution is -2.08. The summed E-state index contributed by atoms with van der Waals surface area (Å²) in [6, 6.07) is 9.52. The highest BCUT2D eigenvalue weighted by Crippen LogP contribution is 2.25. The van der Waals surface area contributed by atoms with Crippen LogP contribution >= 0.6 is 0 Å². The van der Waals surface area contributed by atoms with Crippen molar-refractivity contribution in [2.24, 2.45) is 0 Å². The van der Waals surface area contributed by atoms with E-state index in [9.17, 15) is 4.79 Å². The highest BCUT2D eigenvalue weighted by Gasteiger charge is 2.13. The summed E-state index contributed by atoms with van der Waals surface area (Å²) in [5.41, 5.74) is 4.67. The van der Waals surface area contributed by atoms with Crippen LogP contribution in [0.2, 0.25) is 0 Å². The number of hydrogen-bond acceptors (Lipinski definition) is 4. The second kappa shape index (κ2) is 7.20. The highest BCUT2D eigenvalue weighted by atomic mass is 16.5. The van der Waals surface area contributed by atoms with Crippen molar-refractivity contribution in [1.82, 2.24) is 4.98 Å². The van der Waals surface area contributed by atoms with Gasteiger partial charge in [-0.3, -0.25) is 9.78 Å². The van der Waals surface area contributed by atoms with Crippen molar-refractivity contribution in [3.8, 4) is 5.75 Å². The van der Waals surface area contributed by atoms with E-state index < -0.39 is 0 Å². The molecule has 1 aromatic heterocycles. The predicted molar refractivity (Wildman–Crippen MR) is 88.5 cm³/mol. The summed E-state index contributed by atoms with van der Waals surface area (Å²) in [4.78, 5) is 15.8. The van der Waals surface area contributed by atoms with Crippen LogP contribution in [0.25, 0.3) is 5.57 Å². The molecule has 0 atom stereocenters. The summed E-state index contributed by atoms with van der Waals surface area (Å²) in [7, 11) is 0. The zero-order valence-corrected chi connectivity index (χ0v) is 13.1. The Labute approximate surface area is 135 Å². The maximum Gasteiger partial charge on any atom is 0.154 e. The normalized spacial score (nSPS) is 14.2. The van der Waals surface area contributed by atoms with E-state index in [1.807, 2.05) is 37.3 Å². The van der Waals surface area contributed by atoms with Gasteiger partial charge in [-0.05, 0) is 36.6 Å². The van der Waals surface area contributed by atoms with Gasteiger partial charge < -0.3 is 9.47 Å². The number of benzene rings is 1. The Kier molecular flexibility index (Phi) is 4.83. The Balaban J connectivity index is 1.83. The topological polar surface area (TPSA) is 48.4 Å². The maximum atomic E-state index is 11.3. The van der Waals surface area contributed by atoms with Crippen molar-refractivity contribution in [1.29, 1.82) is 0 Å². The Morgan fingerprint density at radius 2 is 2.22 bits per heavy atom. The van der Waals surface area contributed by atoms with Gasteiger partial charge in [0, 0.05) is 11.8 Å². The van der Waals surface area contributed by atoms with E-state index in [1.165, 1.54) is 5.57 Å². The average molecular weight is 309 g/mol. The number of rotatable bonds is 5. The summed E-state index contributed by atoms with van der Waals surface area (Å²) in [6.45, 7) is 3.62. The molecule has 0 N–H and O–H groups in total. The third kappa shape index (κ3) is 3.48. The van der Waals surface area contributed by atoms with Crippen LogP contribution in [0.3, 0.4) is 0 Å². The molecule has 3 rings (SSSR count). The van der Waals surface area contributed by atoms with E-state index in [0.29, 0.717) is 24.5 Å². The molecule has 0 bridgehead atoms. The molecule has 0 saturated carbocycles. The molecule has 23 heavy (non-hydrogen) atoms. The molecule has 0 aliphatic carbocycles. The zero-order chi connectivity index (χ0) is 16.1. The summed E-state index contributed by atoms with van der Waals surface area (Å²) in [6.07, 6.45) is 5.56. The number of nitrogens with zero attached hydrogens (tertiary/aromatic N) is 1. The second-order valence-electron chi connectivity index (χ2n) is 5.46. The molecule has 0 unspecified atom stereocenters. The van der Waals surface area contributed by atoms with Crippen molar-refractivity contribution >= 4 is 11.9 Å². The van der Waals surface area contributed by atoms with Crippen LogP contribution in [-0.4, -0.2) is 24.5 Å². The number of aldehydes is 1. The highest BCUT2D eigenvalue weighted by molar-refractivity contribution is 5.81. The number of aromatic nitrogens is 1. The number of hydrogen-bond donors (Lipinski definition) is 0. The lowest BCUT2D eigenvalue weighted by atomic mass is 10.0. The average Bonchev–Trinajstić information content (AvgIpc) is 2.61. The SMILES string of the molecule is Cc1cccc(OCc2cccnc2C2=CCOCC2)c1C=O. The Hall–Kier alpha value is -2.46. The fraction of sp³-hybridized carbons (Fsp3) is 0.263. The summed E-state index contributed by atoms with van der Waals surface area (Å²) >= 11 is 0. The van der Waals surface area contributed by atoms with Crippen molar-refractivity contribution in [3.05, 3.63) is 65.0 Å². The van der Waals surface area contributed by atoms with E-state index in [-0.39, 0.29) is 0 Å². The first kappa shape index (κ1) is 15.4. The first-order chi connectivity index (χ1) is 11.3. The number of carbonyl (C=O) groups is 1. The van der Waals surface area contributed by atoms with Crippen LogP contribution in [0.4, 0.5) is 0 Å². The molecule has 2 heterocycles. The molecule has 0 amide bonds. The van der Waals surface area contributed by atoms with Gasteiger partial charge in [0.25, 0.3) is 0 Å². The first-order valence-electron chi connectivity index (χ1n) is 7.68. The quantitative estimate of drug-likeness (QED) is 0.792. The van der Waals surface area contributed by atoms with Gasteiger partial charge in [0.1, 0.15) is 12.4 Å². The van der Waals surface area contributed by atoms with Gasteiger partial charge in [-0.25, -0.2) is 0 Å². The van der Waals surface area contributed by atoms with Gasteiger partial charge in [0.2, 0.25) is 0 Å². The first-order valence-corrected chi connectivity index (χ1v) is 7.68. The molecule has 4 nitrogen and oxygen atoms in total. The molecule has 0 spiro atoms. The van der Waals surface area contributed by atoms with E-state index in [0.717, 1.165) is 36.1 Å². The Morgan fingerprint density at radius 1 is 1.30 bits per heavy atom. The van der Waals surface area contributed by atoms with Gasteiger partial charge in [-0.2, -0.15) is 0 Å². The molecule has 1 aliphatic heterocycles. The van der Waals surface area contributed by atoms with Gasteiger partial charge in [-0.1, -0.05) is 24.3 Å². The summed E-state index contributed by atoms with van der Waals surface area (Å²) in [5, 5.41) is 0. The molecular formula is C19H19NO3. The van der Waals surface area contributed by atoms with Gasteiger partial charge in [-0.15, -0.1) is 0 Å². The second-order valence-corrected chi connectivity index (χ2v) is 5.46. The van der Waals surface area contributed by atoms with Crippen LogP contribution in [-0.2, 0) is 11.3 Å². The van der Waals surface area contributed by atoms with E-state index >= 15 is 0 Å². The molecule has 0 saturated heterocycles. The minimum absolute atomic E-state index is 0.381. The smallest absolute Gasteiger partial charge is 0.154 e. The third-order valence-corrected chi connectivity index (χ3v) is 3.94. The van der Waals surface area contributed by atoms with Crippen LogP contribution in [0.15, 0.2) is 42.6 Å². The van der Waals surface area contributed by atoms with Crippen LogP contribution in [0.1, 0.15) is 33.6 Å². The van der Waals surface area contributed by atoms with Gasteiger partial charge >= 0.3 is 0 Å². The van der Waals surface area contributed by atoms with Gasteiger partial charge in [0.15, 0.2) is 6.29 Å². The standard InChI is InChI=1S/C19H19NO3/c1-14-4-2-6-18(17(14)12-21)23-13-16-5-3-9-20-19(16)15-7-10-22-11-8-15/h2-7,9,12H,8,10-11,13H2,1H3. The van der Waals surface area contributed by atoms with E-state index in [4.69, 9.17) is 9.47 Å². The molecule has 0 fully saturated rings. The number of pyridine rings is 1. The largest absolute Gasteiger partial charge is 0.488 e. The van der Waals surface area contributed by atoms with Crippen molar-refractivity contribution in [3.63, 3.8) is 0 Å². The lowest BCUT2D eigenvalue weighted by molar-refractivity contribution is 0.111. The molecule has 4 heteroatoms. The van der Waals surface area contributed by atoms with Crippen LogP contribution in [0.5, 0.6) is 5.75 Å². The minimum Gasteiger partial charge on any atom is -0.488 e. The Morgan fingerprint density at radius 3 is 3.00 bits per heavy atom. The van der Waals surface area contributed by atoms with Crippen LogP contribution in [0, 0.1) is 6.92 Å². The van der Waals surface area contributed by atoms with Gasteiger partial charge in [0.05, 0.1) is 24.5 Å². The fourth-order valence-corrected chi connectivity index (χ4v) is 2.67. The summed E-state index contributed by atoms with van der Waals surface area (Å²) in [5.74, 6) is 0.607. The molecule has 1 aromatic carbocycles. The molecule has 118 valence electrons. The number of carbonyl (C=O) groups excluding carboxylic acids is 1. The minimum atomic E-state index is 0.381. The lowest BCUT2D eigenvalue weighted by Gasteiger charge is -2.17. The third-order valence-electron chi connectivity index (χ3n) is 3.94. The molecule has 2 aromatic rings. The fourth-order valence-electron chi connectivity index (χ4n) is 2.67. The van der Waals surface area contributed by atoms with Crippen molar-refractivity contribution in [2.45, 2.75) is 20.0 Å².